The highest BCUT2D eigenvalue weighted by molar-refractivity contribution is 7.80. The molecule has 4 rings (SSSR count). The van der Waals surface area contributed by atoms with E-state index in [1.807, 2.05) is 42.5 Å². The van der Waals surface area contributed by atoms with Gasteiger partial charge in [-0.2, -0.15) is 0 Å². The summed E-state index contributed by atoms with van der Waals surface area (Å²) >= 11 is 5.70. The highest BCUT2D eigenvalue weighted by atomic mass is 32.1. The number of esters is 1. The number of methoxy groups -OCH3 is 1. The zero-order valence-electron chi connectivity index (χ0n) is 17.3. The van der Waals surface area contributed by atoms with Crippen LogP contribution in [0.15, 0.2) is 67.1 Å². The molecule has 2 atom stereocenters. The van der Waals surface area contributed by atoms with Gasteiger partial charge in [0.05, 0.1) is 37.1 Å². The first-order valence-corrected chi connectivity index (χ1v) is 10.7. The Kier molecular flexibility index (Phi) is 6.57. The van der Waals surface area contributed by atoms with Crippen LogP contribution in [0, 0.1) is 0 Å². The van der Waals surface area contributed by atoms with Gasteiger partial charge in [-0.3, -0.25) is 14.8 Å². The molecule has 0 saturated carbocycles. The lowest BCUT2D eigenvalue weighted by Crippen LogP contribution is -2.32. The quantitative estimate of drug-likeness (QED) is 0.430. The van der Waals surface area contributed by atoms with Crippen LogP contribution < -0.4 is 5.32 Å². The van der Waals surface area contributed by atoms with Crippen LogP contribution in [0.4, 0.5) is 0 Å². The Bertz CT molecular complexity index is 1020. The molecule has 31 heavy (non-hydrogen) atoms. The van der Waals surface area contributed by atoms with Crippen molar-refractivity contribution in [3.05, 3.63) is 84.2 Å². The van der Waals surface area contributed by atoms with E-state index in [9.17, 15) is 4.79 Å². The number of rotatable bonds is 8. The Morgan fingerprint density at radius 3 is 2.65 bits per heavy atom. The second-order valence-electron chi connectivity index (χ2n) is 7.38. The van der Waals surface area contributed by atoms with Crippen LogP contribution >= 0.6 is 12.2 Å². The van der Waals surface area contributed by atoms with Crippen molar-refractivity contribution in [1.82, 2.24) is 24.8 Å². The molecule has 160 valence electrons. The van der Waals surface area contributed by atoms with E-state index in [0.717, 1.165) is 17.1 Å². The third-order valence-electron chi connectivity index (χ3n) is 5.43. The van der Waals surface area contributed by atoms with Gasteiger partial charge in [-0.1, -0.05) is 12.1 Å². The Labute approximate surface area is 187 Å². The van der Waals surface area contributed by atoms with Crippen molar-refractivity contribution < 1.29 is 9.53 Å². The smallest absolute Gasteiger partial charge is 0.305 e. The molecule has 0 radical (unpaired) electrons. The molecule has 1 aliphatic rings. The SMILES string of the molecule is COC(=O)CCCN1C(=S)N[C@H](c2ccccn2)[C@H]1c1cccn1Cc1ccccn1. The van der Waals surface area contributed by atoms with Crippen molar-refractivity contribution >= 4 is 23.3 Å². The van der Waals surface area contributed by atoms with E-state index in [4.69, 9.17) is 17.0 Å². The largest absolute Gasteiger partial charge is 0.469 e. The fourth-order valence-corrected chi connectivity index (χ4v) is 4.30. The van der Waals surface area contributed by atoms with Gasteiger partial charge in [0.15, 0.2) is 5.11 Å². The minimum atomic E-state index is -0.213. The fourth-order valence-electron chi connectivity index (χ4n) is 3.97. The Hall–Kier alpha value is -3.26. The number of pyridine rings is 2. The number of carbonyl (C=O) groups excluding carboxylic acids is 1. The molecule has 4 heterocycles. The normalized spacial score (nSPS) is 18.1. The van der Waals surface area contributed by atoms with E-state index < -0.39 is 0 Å². The van der Waals surface area contributed by atoms with Crippen molar-refractivity contribution in [3.63, 3.8) is 0 Å². The summed E-state index contributed by atoms with van der Waals surface area (Å²) in [5.74, 6) is -0.213. The van der Waals surface area contributed by atoms with E-state index >= 15 is 0 Å². The molecule has 0 aliphatic carbocycles. The molecule has 0 aromatic carbocycles. The van der Waals surface area contributed by atoms with Crippen molar-refractivity contribution in [2.45, 2.75) is 31.5 Å². The number of carbonyl (C=O) groups is 1. The molecule has 1 N–H and O–H groups in total. The van der Waals surface area contributed by atoms with Gasteiger partial charge >= 0.3 is 5.97 Å². The average molecular weight is 436 g/mol. The zero-order chi connectivity index (χ0) is 21.6. The van der Waals surface area contributed by atoms with Gasteiger partial charge in [0, 0.05) is 37.3 Å². The van der Waals surface area contributed by atoms with Gasteiger partial charge in [0.25, 0.3) is 0 Å². The number of aromatic nitrogens is 3. The van der Waals surface area contributed by atoms with Gasteiger partial charge in [-0.05, 0) is 55.0 Å². The lowest BCUT2D eigenvalue weighted by atomic mass is 10.0. The van der Waals surface area contributed by atoms with E-state index in [2.05, 4.69) is 37.0 Å². The summed E-state index contributed by atoms with van der Waals surface area (Å²) in [6, 6.07) is 15.8. The van der Waals surface area contributed by atoms with Crippen LogP contribution in [0.3, 0.4) is 0 Å². The van der Waals surface area contributed by atoms with Gasteiger partial charge < -0.3 is 19.5 Å². The zero-order valence-corrected chi connectivity index (χ0v) is 18.2. The molecule has 0 unspecified atom stereocenters. The molecule has 0 bridgehead atoms. The van der Waals surface area contributed by atoms with Gasteiger partial charge in [0.2, 0.25) is 0 Å². The summed E-state index contributed by atoms with van der Waals surface area (Å²) in [5.41, 5.74) is 3.03. The van der Waals surface area contributed by atoms with Gasteiger partial charge in [-0.25, -0.2) is 0 Å². The third kappa shape index (κ3) is 4.74. The molecule has 3 aromatic heterocycles. The number of thiocarbonyl (C=S) groups is 1. The molecule has 8 heteroatoms. The lowest BCUT2D eigenvalue weighted by molar-refractivity contribution is -0.140. The molecular weight excluding hydrogens is 410 g/mol. The number of hydrogen-bond donors (Lipinski definition) is 1. The Morgan fingerprint density at radius 2 is 1.94 bits per heavy atom. The number of ether oxygens (including phenoxy) is 1. The first-order chi connectivity index (χ1) is 15.2. The summed E-state index contributed by atoms with van der Waals surface area (Å²) in [6.07, 6.45) is 6.67. The van der Waals surface area contributed by atoms with Crippen LogP contribution in [-0.2, 0) is 16.1 Å². The second kappa shape index (κ2) is 9.70. The second-order valence-corrected chi connectivity index (χ2v) is 7.77. The molecule has 1 fully saturated rings. The van der Waals surface area contributed by atoms with Crippen LogP contribution in [0.1, 0.15) is 42.0 Å². The maximum atomic E-state index is 11.6. The molecule has 7 nitrogen and oxygen atoms in total. The Balaban J connectivity index is 1.65. The molecule has 1 saturated heterocycles. The summed E-state index contributed by atoms with van der Waals surface area (Å²) in [6.45, 7) is 1.31. The Morgan fingerprint density at radius 1 is 1.13 bits per heavy atom. The van der Waals surface area contributed by atoms with E-state index in [0.29, 0.717) is 31.0 Å². The van der Waals surface area contributed by atoms with Gasteiger partial charge in [-0.15, -0.1) is 0 Å². The number of nitrogens with one attached hydrogen (secondary N) is 1. The molecule has 3 aromatic rings. The summed E-state index contributed by atoms with van der Waals surface area (Å²) in [7, 11) is 1.41. The van der Waals surface area contributed by atoms with E-state index in [-0.39, 0.29) is 18.1 Å². The molecular formula is C23H25N5O2S. The van der Waals surface area contributed by atoms with Crippen molar-refractivity contribution in [2.24, 2.45) is 0 Å². The summed E-state index contributed by atoms with van der Waals surface area (Å²) < 4.78 is 6.99. The predicted molar refractivity (Wildman–Crippen MR) is 121 cm³/mol. The highest BCUT2D eigenvalue weighted by Crippen LogP contribution is 2.39. The topological polar surface area (TPSA) is 72.3 Å². The van der Waals surface area contributed by atoms with Crippen molar-refractivity contribution in [3.8, 4) is 0 Å². The summed E-state index contributed by atoms with van der Waals surface area (Å²) in [5, 5.41) is 4.11. The fraction of sp³-hybridized carbons (Fsp3) is 0.304. The minimum absolute atomic E-state index is 0.0567. The third-order valence-corrected chi connectivity index (χ3v) is 5.78. The predicted octanol–water partition coefficient (Wildman–Crippen LogP) is 3.25. The summed E-state index contributed by atoms with van der Waals surface area (Å²) in [4.78, 5) is 22.8. The lowest BCUT2D eigenvalue weighted by Gasteiger charge is -2.28. The number of hydrogen-bond acceptors (Lipinski definition) is 5. The minimum Gasteiger partial charge on any atom is -0.469 e. The van der Waals surface area contributed by atoms with E-state index in [1.165, 1.54) is 7.11 Å². The van der Waals surface area contributed by atoms with Crippen LogP contribution in [0.5, 0.6) is 0 Å². The molecule has 0 spiro atoms. The monoisotopic (exact) mass is 435 g/mol. The molecule has 0 amide bonds. The van der Waals surface area contributed by atoms with Crippen molar-refractivity contribution in [2.75, 3.05) is 13.7 Å². The molecule has 1 aliphatic heterocycles. The maximum absolute atomic E-state index is 11.6. The highest BCUT2D eigenvalue weighted by Gasteiger charge is 2.40. The number of nitrogens with zero attached hydrogens (tertiary/aromatic N) is 4. The average Bonchev–Trinajstić information content (AvgIpc) is 3.38. The van der Waals surface area contributed by atoms with Crippen LogP contribution in [-0.4, -0.2) is 44.2 Å². The standard InChI is InChI=1S/C23H25N5O2S/c1-30-20(29)11-7-15-28-22(21(26-23(28)31)18-9-3-5-13-25-18)19-10-6-14-27(19)16-17-8-2-4-12-24-17/h2-6,8-10,12-14,21-22H,7,11,15-16H2,1H3,(H,26,31)/t21-,22-/m1/s1. The van der Waals surface area contributed by atoms with Crippen molar-refractivity contribution in [1.29, 1.82) is 0 Å². The van der Waals surface area contributed by atoms with E-state index in [1.54, 1.807) is 12.4 Å². The van der Waals surface area contributed by atoms with Gasteiger partial charge in [0.1, 0.15) is 0 Å². The first kappa shape index (κ1) is 21.0. The van der Waals surface area contributed by atoms with Crippen LogP contribution in [0.2, 0.25) is 0 Å². The first-order valence-electron chi connectivity index (χ1n) is 10.3. The van der Waals surface area contributed by atoms with Crippen LogP contribution in [0.25, 0.3) is 0 Å². The maximum Gasteiger partial charge on any atom is 0.305 e.